The Kier molecular flexibility index (Phi) is 10.1. The molecule has 220 valence electrons. The highest BCUT2D eigenvalue weighted by Gasteiger charge is 2.37. The number of hydrogen-bond donors (Lipinski definition) is 1. The number of nitrogens with zero attached hydrogens (tertiary/aromatic N) is 2. The van der Waals surface area contributed by atoms with Crippen LogP contribution in [0.3, 0.4) is 0 Å². The summed E-state index contributed by atoms with van der Waals surface area (Å²) in [7, 11) is -4.53. The van der Waals surface area contributed by atoms with Gasteiger partial charge in [-0.15, -0.1) is 0 Å². The van der Waals surface area contributed by atoms with Crippen LogP contribution < -0.4 is 9.62 Å². The molecule has 0 bridgehead atoms. The van der Waals surface area contributed by atoms with E-state index >= 15 is 0 Å². The smallest absolute Gasteiger partial charge is 0.355 e. The fraction of sp³-hybridized carbons (Fsp3) is 0.310. The van der Waals surface area contributed by atoms with Gasteiger partial charge in [-0.1, -0.05) is 59.1 Å². The molecule has 0 radical (unpaired) electrons. The van der Waals surface area contributed by atoms with Crippen molar-refractivity contribution in [2.24, 2.45) is 0 Å². The normalized spacial score (nSPS) is 12.5. The molecule has 0 heterocycles. The number of anilines is 1. The molecule has 0 saturated carbocycles. The summed E-state index contributed by atoms with van der Waals surface area (Å²) in [5, 5.41) is 2.03. The number of alkyl halides is 3. The van der Waals surface area contributed by atoms with E-state index in [0.29, 0.717) is 22.5 Å². The molecule has 3 aromatic carbocycles. The Morgan fingerprint density at radius 3 is 2.05 bits per heavy atom. The summed E-state index contributed by atoms with van der Waals surface area (Å²) >= 11 is 5.79. The minimum absolute atomic E-state index is 0.0374. The fourth-order valence-electron chi connectivity index (χ4n) is 4.05. The summed E-state index contributed by atoms with van der Waals surface area (Å²) in [4.78, 5) is 27.6. The number of hydrogen-bond acceptors (Lipinski definition) is 4. The van der Waals surface area contributed by atoms with Crippen molar-refractivity contribution < 1.29 is 31.2 Å². The molecule has 41 heavy (non-hydrogen) atoms. The summed E-state index contributed by atoms with van der Waals surface area (Å²) in [6.07, 6.45) is -4.87. The van der Waals surface area contributed by atoms with Gasteiger partial charge in [0.15, 0.2) is 0 Å². The average Bonchev–Trinajstić information content (AvgIpc) is 2.91. The molecule has 1 unspecified atom stereocenters. The Labute approximate surface area is 243 Å². The first-order valence-corrected chi connectivity index (χ1v) is 14.6. The van der Waals surface area contributed by atoms with Crippen molar-refractivity contribution in [3.63, 3.8) is 0 Å². The SMILES string of the molecule is CCNC(=O)C(C)N(Cc1ccc(C)cc1)C(=O)CN(c1ccc(Cl)c(C(F)(F)F)c1)S(=O)(=O)c1ccc(C)cc1. The van der Waals surface area contributed by atoms with Crippen LogP contribution in [0.2, 0.25) is 5.02 Å². The number of sulfonamides is 1. The van der Waals surface area contributed by atoms with Gasteiger partial charge in [0, 0.05) is 13.1 Å². The largest absolute Gasteiger partial charge is 0.417 e. The Hall–Kier alpha value is -3.57. The zero-order valence-corrected chi connectivity index (χ0v) is 24.6. The maximum absolute atomic E-state index is 13.8. The Morgan fingerprint density at radius 1 is 0.951 bits per heavy atom. The van der Waals surface area contributed by atoms with Crippen molar-refractivity contribution in [3.05, 3.63) is 94.0 Å². The van der Waals surface area contributed by atoms with Crippen LogP contribution in [0.1, 0.15) is 36.1 Å². The number of carbonyl (C=O) groups excluding carboxylic acids is 2. The van der Waals surface area contributed by atoms with E-state index in [2.05, 4.69) is 5.32 Å². The Morgan fingerprint density at radius 2 is 1.51 bits per heavy atom. The highest BCUT2D eigenvalue weighted by molar-refractivity contribution is 7.92. The summed E-state index contributed by atoms with van der Waals surface area (Å²) < 4.78 is 69.4. The van der Waals surface area contributed by atoms with E-state index < -0.39 is 56.9 Å². The number of halogens is 4. The number of rotatable bonds is 10. The third-order valence-corrected chi connectivity index (χ3v) is 8.54. The minimum atomic E-state index is -4.87. The van der Waals surface area contributed by atoms with Gasteiger partial charge >= 0.3 is 6.18 Å². The van der Waals surface area contributed by atoms with Gasteiger partial charge in [-0.25, -0.2) is 8.42 Å². The average molecular weight is 610 g/mol. The highest BCUT2D eigenvalue weighted by Crippen LogP contribution is 2.38. The summed E-state index contributed by atoms with van der Waals surface area (Å²) in [5.41, 5.74) is 0.760. The van der Waals surface area contributed by atoms with Crippen LogP contribution in [0.5, 0.6) is 0 Å². The van der Waals surface area contributed by atoms with Crippen LogP contribution in [-0.4, -0.2) is 44.3 Å². The quantitative estimate of drug-likeness (QED) is 0.318. The van der Waals surface area contributed by atoms with Crippen molar-refractivity contribution in [2.75, 3.05) is 17.4 Å². The second kappa shape index (κ2) is 12.9. The third kappa shape index (κ3) is 7.80. The van der Waals surface area contributed by atoms with E-state index in [1.54, 1.807) is 26.0 Å². The fourth-order valence-corrected chi connectivity index (χ4v) is 5.68. The molecule has 0 fully saturated rings. The number of aryl methyl sites for hydroxylation is 2. The first kappa shape index (κ1) is 32.0. The molecular formula is C29H31ClF3N3O4S. The number of carbonyl (C=O) groups is 2. The molecule has 0 aromatic heterocycles. The lowest BCUT2D eigenvalue weighted by Gasteiger charge is -2.32. The Balaban J connectivity index is 2.12. The second-order valence-corrected chi connectivity index (χ2v) is 11.8. The number of nitrogens with one attached hydrogen (secondary N) is 1. The van der Waals surface area contributed by atoms with Crippen molar-refractivity contribution in [1.82, 2.24) is 10.2 Å². The Bertz CT molecular complexity index is 1500. The zero-order valence-electron chi connectivity index (χ0n) is 23.0. The highest BCUT2D eigenvalue weighted by atomic mass is 35.5. The van der Waals surface area contributed by atoms with E-state index in [4.69, 9.17) is 11.6 Å². The maximum Gasteiger partial charge on any atom is 0.417 e. The summed E-state index contributed by atoms with van der Waals surface area (Å²) in [5.74, 6) is -1.25. The molecule has 12 heteroatoms. The van der Waals surface area contributed by atoms with Crippen LogP contribution in [0.25, 0.3) is 0 Å². The molecular weight excluding hydrogens is 579 g/mol. The minimum Gasteiger partial charge on any atom is -0.355 e. The lowest BCUT2D eigenvalue weighted by Crippen LogP contribution is -2.51. The molecule has 1 N–H and O–H groups in total. The molecule has 0 spiro atoms. The van der Waals surface area contributed by atoms with Crippen LogP contribution in [0.15, 0.2) is 71.6 Å². The second-order valence-electron chi connectivity index (χ2n) is 9.56. The molecule has 0 saturated heterocycles. The van der Waals surface area contributed by atoms with Crippen LogP contribution in [0, 0.1) is 13.8 Å². The van der Waals surface area contributed by atoms with E-state index in [9.17, 15) is 31.2 Å². The molecule has 1 atom stereocenters. The standard InChI is InChI=1S/C29H31ClF3N3O4S/c1-5-34-28(38)21(4)35(17-22-10-6-19(2)7-11-22)27(37)18-36(41(39,40)24-13-8-20(3)9-14-24)23-12-15-26(30)25(16-23)29(31,32)33/h6-16,21H,5,17-18H2,1-4H3,(H,34,38). The van der Waals surface area contributed by atoms with Crippen molar-refractivity contribution in [1.29, 1.82) is 0 Å². The molecule has 3 aromatic rings. The number of amides is 2. The predicted octanol–water partition coefficient (Wildman–Crippen LogP) is 5.72. The zero-order chi connectivity index (χ0) is 30.5. The van der Waals surface area contributed by atoms with E-state index in [-0.39, 0.29) is 11.4 Å². The molecule has 0 aliphatic rings. The molecule has 7 nitrogen and oxygen atoms in total. The van der Waals surface area contributed by atoms with Crippen molar-refractivity contribution in [2.45, 2.75) is 51.4 Å². The topological polar surface area (TPSA) is 86.8 Å². The molecule has 3 rings (SSSR count). The van der Waals surface area contributed by atoms with E-state index in [1.165, 1.54) is 36.1 Å². The van der Waals surface area contributed by atoms with Gasteiger partial charge in [0.1, 0.15) is 12.6 Å². The van der Waals surface area contributed by atoms with Gasteiger partial charge in [0.25, 0.3) is 10.0 Å². The molecule has 0 aliphatic carbocycles. The van der Waals surface area contributed by atoms with Gasteiger partial charge in [0.2, 0.25) is 11.8 Å². The summed E-state index contributed by atoms with van der Waals surface area (Å²) in [6, 6.07) is 14.5. The van der Waals surface area contributed by atoms with Gasteiger partial charge in [-0.05, 0) is 63.6 Å². The van der Waals surface area contributed by atoms with Crippen LogP contribution in [0.4, 0.5) is 18.9 Å². The first-order chi connectivity index (χ1) is 19.1. The van der Waals surface area contributed by atoms with Gasteiger partial charge in [-0.3, -0.25) is 13.9 Å². The number of likely N-dealkylation sites (N-methyl/N-ethyl adjacent to an activating group) is 1. The third-order valence-electron chi connectivity index (χ3n) is 6.42. The van der Waals surface area contributed by atoms with E-state index in [0.717, 1.165) is 23.3 Å². The van der Waals surface area contributed by atoms with Crippen molar-refractivity contribution in [3.8, 4) is 0 Å². The summed E-state index contributed by atoms with van der Waals surface area (Å²) in [6.45, 7) is 6.24. The van der Waals surface area contributed by atoms with Gasteiger partial charge in [0.05, 0.1) is 21.2 Å². The maximum atomic E-state index is 13.8. The number of benzene rings is 3. The molecule has 2 amide bonds. The van der Waals surface area contributed by atoms with Crippen molar-refractivity contribution >= 4 is 39.1 Å². The van der Waals surface area contributed by atoms with Gasteiger partial charge in [-0.2, -0.15) is 13.2 Å². The predicted molar refractivity (Wildman–Crippen MR) is 152 cm³/mol. The lowest BCUT2D eigenvalue weighted by molar-refractivity contribution is -0.139. The molecule has 0 aliphatic heterocycles. The van der Waals surface area contributed by atoms with Gasteiger partial charge < -0.3 is 10.2 Å². The first-order valence-electron chi connectivity index (χ1n) is 12.7. The van der Waals surface area contributed by atoms with Crippen LogP contribution >= 0.6 is 11.6 Å². The monoisotopic (exact) mass is 609 g/mol. The van der Waals surface area contributed by atoms with Crippen LogP contribution in [-0.2, 0) is 32.3 Å². The lowest BCUT2D eigenvalue weighted by atomic mass is 10.1. The van der Waals surface area contributed by atoms with E-state index in [1.807, 2.05) is 19.1 Å².